The number of hydrogen-bond acceptors (Lipinski definition) is 3. The van der Waals surface area contributed by atoms with Gasteiger partial charge in [0.15, 0.2) is 0 Å². The number of benzene rings is 2. The third kappa shape index (κ3) is 3.57. The molecular weight excluding hydrogens is 450 g/mol. The number of Topliss-reactive ketones (excluding diaryl/α,β-unsaturated/α-hetero) is 2. The van der Waals surface area contributed by atoms with E-state index in [-0.39, 0.29) is 23.0 Å². The highest BCUT2D eigenvalue weighted by molar-refractivity contribution is 9.10. The van der Waals surface area contributed by atoms with Gasteiger partial charge < -0.3 is 4.90 Å². The smallest absolute Gasteiger partial charge is 0.149 e. The second kappa shape index (κ2) is 7.58. The van der Waals surface area contributed by atoms with Crippen molar-refractivity contribution in [2.75, 3.05) is 11.4 Å². The van der Waals surface area contributed by atoms with Gasteiger partial charge in [0.1, 0.15) is 17.0 Å². The number of fused-ring (bicyclic) bond motifs is 4. The second-order valence-corrected chi connectivity index (χ2v) is 11.5. The Balaban J connectivity index is 1.55. The lowest BCUT2D eigenvalue weighted by Gasteiger charge is -2.56. The highest BCUT2D eigenvalue weighted by Crippen LogP contribution is 2.53. The van der Waals surface area contributed by atoms with Crippen molar-refractivity contribution in [1.82, 2.24) is 0 Å². The van der Waals surface area contributed by atoms with Crippen LogP contribution in [0, 0.1) is 16.7 Å². The van der Waals surface area contributed by atoms with E-state index in [1.54, 1.807) is 0 Å². The molecular formula is C27H30BrNO2. The van der Waals surface area contributed by atoms with E-state index in [1.807, 2.05) is 6.07 Å². The molecule has 3 nitrogen and oxygen atoms in total. The molecule has 0 N–H and O–H groups in total. The van der Waals surface area contributed by atoms with E-state index in [0.29, 0.717) is 25.2 Å². The highest BCUT2D eigenvalue weighted by Gasteiger charge is 2.60. The Hall–Kier alpha value is -1.94. The largest absolute Gasteiger partial charge is 0.367 e. The topological polar surface area (TPSA) is 37.4 Å². The van der Waals surface area contributed by atoms with Gasteiger partial charge in [0.05, 0.1) is 0 Å². The molecule has 2 aromatic rings. The fourth-order valence-electron chi connectivity index (χ4n) is 6.27. The zero-order valence-corrected chi connectivity index (χ0v) is 20.0. The average Bonchev–Trinajstić information content (AvgIpc) is 2.72. The maximum absolute atomic E-state index is 13.7. The van der Waals surface area contributed by atoms with Crippen molar-refractivity contribution in [3.63, 3.8) is 0 Å². The van der Waals surface area contributed by atoms with E-state index in [0.717, 1.165) is 35.8 Å². The lowest BCUT2D eigenvalue weighted by Crippen LogP contribution is -2.65. The van der Waals surface area contributed by atoms with Gasteiger partial charge in [-0.2, -0.15) is 0 Å². The van der Waals surface area contributed by atoms with Crippen molar-refractivity contribution in [2.45, 2.75) is 58.4 Å². The monoisotopic (exact) mass is 479 g/mol. The van der Waals surface area contributed by atoms with Crippen LogP contribution >= 0.6 is 15.9 Å². The van der Waals surface area contributed by atoms with E-state index in [9.17, 15) is 9.59 Å². The highest BCUT2D eigenvalue weighted by atomic mass is 79.9. The molecule has 4 heteroatoms. The molecule has 162 valence electrons. The molecule has 2 atom stereocenters. The van der Waals surface area contributed by atoms with E-state index >= 15 is 0 Å². The summed E-state index contributed by atoms with van der Waals surface area (Å²) in [5, 5.41) is 0. The summed E-state index contributed by atoms with van der Waals surface area (Å²) in [5.74, 6) is 0.820. The summed E-state index contributed by atoms with van der Waals surface area (Å²) in [6.07, 6.45) is 4.56. The van der Waals surface area contributed by atoms with Crippen molar-refractivity contribution in [1.29, 1.82) is 0 Å². The molecule has 0 bridgehead atoms. The molecule has 0 unspecified atom stereocenters. The van der Waals surface area contributed by atoms with Crippen molar-refractivity contribution in [2.24, 2.45) is 16.7 Å². The number of ketones is 2. The quantitative estimate of drug-likeness (QED) is 0.512. The van der Waals surface area contributed by atoms with Crippen LogP contribution in [0.4, 0.5) is 5.69 Å². The molecule has 1 saturated heterocycles. The fraction of sp³-hybridized carbons (Fsp3) is 0.481. The van der Waals surface area contributed by atoms with Crippen LogP contribution in [0.5, 0.6) is 0 Å². The first-order chi connectivity index (χ1) is 14.8. The van der Waals surface area contributed by atoms with E-state index in [2.05, 4.69) is 77.1 Å². The molecule has 2 fully saturated rings. The lowest BCUT2D eigenvalue weighted by molar-refractivity contribution is -0.151. The normalized spacial score (nSPS) is 26.5. The molecule has 0 radical (unpaired) electrons. The summed E-state index contributed by atoms with van der Waals surface area (Å²) in [5.41, 5.74) is 2.57. The first-order valence-corrected chi connectivity index (χ1v) is 12.2. The molecule has 0 amide bonds. The zero-order valence-electron chi connectivity index (χ0n) is 18.4. The predicted molar refractivity (Wildman–Crippen MR) is 127 cm³/mol. The average molecular weight is 480 g/mol. The van der Waals surface area contributed by atoms with Crippen LogP contribution in [0.25, 0.3) is 0 Å². The predicted octanol–water partition coefficient (Wildman–Crippen LogP) is 5.78. The molecule has 1 saturated carbocycles. The summed E-state index contributed by atoms with van der Waals surface area (Å²) in [7, 11) is 0. The van der Waals surface area contributed by atoms with Gasteiger partial charge in [-0.15, -0.1) is 0 Å². The number of rotatable bonds is 2. The summed E-state index contributed by atoms with van der Waals surface area (Å²) < 4.78 is 1.05. The Kier molecular flexibility index (Phi) is 5.12. The SMILES string of the molecule is CC1(C)CC(=O)C2(Cc3ccc(Br)cc3N3CC[C@H](Cc4ccccc4)C[C@H]32)C(=O)C1. The number of nitrogens with zero attached hydrogens (tertiary/aromatic N) is 1. The number of halogens is 1. The minimum absolute atomic E-state index is 0.0344. The van der Waals surface area contributed by atoms with Gasteiger partial charge >= 0.3 is 0 Å². The molecule has 2 heterocycles. The van der Waals surface area contributed by atoms with Crippen LogP contribution in [0.1, 0.15) is 50.7 Å². The molecule has 0 aromatic heterocycles. The Labute approximate surface area is 193 Å². The van der Waals surface area contributed by atoms with Crippen LogP contribution in [-0.4, -0.2) is 24.2 Å². The maximum Gasteiger partial charge on any atom is 0.149 e. The van der Waals surface area contributed by atoms with E-state index < -0.39 is 5.41 Å². The second-order valence-electron chi connectivity index (χ2n) is 10.6. The standard InChI is InChI=1S/C27H30BrNO2/c1-26(2)16-24(30)27(25(31)17-26)15-20-8-9-21(28)14-22(20)29-11-10-19(13-23(27)29)12-18-6-4-3-5-7-18/h3-9,14,19,23H,10-13,15-17H2,1-2H3/t19-,23+/m1/s1. The van der Waals surface area contributed by atoms with Crippen molar-refractivity contribution in [3.05, 3.63) is 64.1 Å². The van der Waals surface area contributed by atoms with Gasteiger partial charge in [-0.25, -0.2) is 0 Å². The Bertz CT molecular complexity index is 1010. The number of hydrogen-bond donors (Lipinski definition) is 0. The first kappa shape index (κ1) is 20.9. The van der Waals surface area contributed by atoms with Crippen LogP contribution in [0.3, 0.4) is 0 Å². The maximum atomic E-state index is 13.7. The minimum atomic E-state index is -0.883. The summed E-state index contributed by atoms with van der Waals surface area (Å²) in [6.45, 7) is 5.01. The molecule has 5 rings (SSSR count). The number of carbonyl (C=O) groups excluding carboxylic acids is 2. The molecule has 1 aliphatic carbocycles. The van der Waals surface area contributed by atoms with Gasteiger partial charge in [-0.05, 0) is 60.3 Å². The summed E-state index contributed by atoms with van der Waals surface area (Å²) in [6, 6.07) is 16.9. The molecule has 2 aliphatic heterocycles. The van der Waals surface area contributed by atoms with Crippen molar-refractivity contribution in [3.8, 4) is 0 Å². The number of anilines is 1. The Morgan fingerprint density at radius 3 is 2.42 bits per heavy atom. The van der Waals surface area contributed by atoms with Gasteiger partial charge in [0.2, 0.25) is 0 Å². The van der Waals surface area contributed by atoms with E-state index in [1.165, 1.54) is 11.3 Å². The van der Waals surface area contributed by atoms with Crippen LogP contribution < -0.4 is 4.90 Å². The number of piperidine rings is 1. The van der Waals surface area contributed by atoms with Crippen LogP contribution in [-0.2, 0) is 22.4 Å². The number of carbonyl (C=O) groups is 2. The van der Waals surface area contributed by atoms with Gasteiger partial charge in [-0.3, -0.25) is 9.59 Å². The van der Waals surface area contributed by atoms with Gasteiger partial charge in [-0.1, -0.05) is 66.2 Å². The lowest BCUT2D eigenvalue weighted by atomic mass is 9.55. The van der Waals surface area contributed by atoms with Crippen molar-refractivity contribution < 1.29 is 9.59 Å². The van der Waals surface area contributed by atoms with E-state index in [4.69, 9.17) is 0 Å². The molecule has 2 aromatic carbocycles. The molecule has 31 heavy (non-hydrogen) atoms. The van der Waals surface area contributed by atoms with Gasteiger partial charge in [0.25, 0.3) is 0 Å². The minimum Gasteiger partial charge on any atom is -0.367 e. The summed E-state index contributed by atoms with van der Waals surface area (Å²) in [4.78, 5) is 29.9. The molecule has 1 spiro atoms. The van der Waals surface area contributed by atoms with Gasteiger partial charge in [0, 0.05) is 35.6 Å². The fourth-order valence-corrected chi connectivity index (χ4v) is 6.62. The third-order valence-corrected chi connectivity index (χ3v) is 8.24. The van der Waals surface area contributed by atoms with Crippen LogP contribution in [0.15, 0.2) is 53.0 Å². The van der Waals surface area contributed by atoms with Crippen LogP contribution in [0.2, 0.25) is 0 Å². The third-order valence-electron chi connectivity index (χ3n) is 7.75. The Morgan fingerprint density at radius 1 is 1.00 bits per heavy atom. The summed E-state index contributed by atoms with van der Waals surface area (Å²) >= 11 is 3.63. The first-order valence-electron chi connectivity index (χ1n) is 11.4. The molecule has 3 aliphatic rings. The van der Waals surface area contributed by atoms with Crippen molar-refractivity contribution >= 4 is 33.2 Å². The Morgan fingerprint density at radius 2 is 1.71 bits per heavy atom. The zero-order chi connectivity index (χ0) is 21.8.